The van der Waals surface area contributed by atoms with Gasteiger partial charge >= 0.3 is 5.97 Å². The number of anilines is 1. The van der Waals surface area contributed by atoms with E-state index in [9.17, 15) is 14.9 Å². The van der Waals surface area contributed by atoms with Gasteiger partial charge in [0.05, 0.1) is 11.5 Å². The van der Waals surface area contributed by atoms with E-state index < -0.39 is 10.9 Å². The number of benzene rings is 1. The summed E-state index contributed by atoms with van der Waals surface area (Å²) in [5, 5.41) is 28.9. The van der Waals surface area contributed by atoms with Gasteiger partial charge in [0.25, 0.3) is 5.69 Å². The van der Waals surface area contributed by atoms with Crippen LogP contribution in [0.15, 0.2) is 24.3 Å². The molecule has 23 heavy (non-hydrogen) atoms. The second-order valence-electron chi connectivity index (χ2n) is 5.23. The van der Waals surface area contributed by atoms with Crippen LogP contribution in [0.1, 0.15) is 5.56 Å². The zero-order valence-corrected chi connectivity index (χ0v) is 12.6. The first kappa shape index (κ1) is 16.9. The van der Waals surface area contributed by atoms with E-state index in [1.54, 1.807) is 12.1 Å². The molecule has 0 unspecified atom stereocenters. The summed E-state index contributed by atoms with van der Waals surface area (Å²) in [7, 11) is 0. The third-order valence-electron chi connectivity index (χ3n) is 3.74. The first-order valence-corrected chi connectivity index (χ1v) is 7.29. The molecular weight excluding hydrogens is 302 g/mol. The minimum atomic E-state index is -1.10. The topological polar surface area (TPSA) is 107 Å². The number of aliphatic carboxylic acids is 1. The maximum Gasteiger partial charge on any atom is 0.328 e. The Morgan fingerprint density at radius 3 is 2.57 bits per heavy atom. The summed E-state index contributed by atoms with van der Waals surface area (Å²) in [6, 6.07) is 4.71. The van der Waals surface area contributed by atoms with E-state index in [-0.39, 0.29) is 12.3 Å². The minimum absolute atomic E-state index is 0.0341. The first-order valence-electron chi connectivity index (χ1n) is 7.29. The van der Waals surface area contributed by atoms with E-state index in [1.165, 1.54) is 12.1 Å². The number of aliphatic hydroxyl groups excluding tert-OH is 1. The van der Waals surface area contributed by atoms with Crippen LogP contribution in [0.25, 0.3) is 6.08 Å². The quantitative estimate of drug-likeness (QED) is 0.453. The van der Waals surface area contributed by atoms with Crippen molar-refractivity contribution in [1.29, 1.82) is 0 Å². The summed E-state index contributed by atoms with van der Waals surface area (Å²) in [5.74, 6) is -1.10. The maximum atomic E-state index is 11.3. The van der Waals surface area contributed by atoms with E-state index >= 15 is 0 Å². The molecule has 1 aliphatic heterocycles. The number of rotatable bonds is 6. The normalized spacial score (nSPS) is 16.0. The number of hydrogen-bond donors (Lipinski definition) is 2. The molecule has 1 aromatic carbocycles. The summed E-state index contributed by atoms with van der Waals surface area (Å²) in [5.41, 5.74) is 0.973. The summed E-state index contributed by atoms with van der Waals surface area (Å²) < 4.78 is 0. The lowest BCUT2D eigenvalue weighted by Gasteiger charge is -2.35. The average Bonchev–Trinajstić information content (AvgIpc) is 2.54. The standard InChI is InChI=1S/C15H19N3O5/c19-10-9-16-5-7-17(8-6-16)13-3-1-12(2-4-15(20)21)11-14(13)18(22)23/h1-4,11,19H,5-10H2,(H,20,21)/b4-2+. The number of nitrogens with zero attached hydrogens (tertiary/aromatic N) is 3. The number of nitro benzene ring substituents is 1. The Morgan fingerprint density at radius 2 is 2.00 bits per heavy atom. The van der Waals surface area contributed by atoms with Gasteiger partial charge < -0.3 is 15.1 Å². The third-order valence-corrected chi connectivity index (χ3v) is 3.74. The van der Waals surface area contributed by atoms with Crippen LogP contribution in [0.5, 0.6) is 0 Å². The van der Waals surface area contributed by atoms with Crippen molar-refractivity contribution in [2.24, 2.45) is 0 Å². The zero-order valence-electron chi connectivity index (χ0n) is 12.6. The van der Waals surface area contributed by atoms with Crippen LogP contribution in [-0.2, 0) is 4.79 Å². The molecule has 0 atom stereocenters. The number of carboxylic acids is 1. The molecule has 0 spiro atoms. The fraction of sp³-hybridized carbons (Fsp3) is 0.400. The van der Waals surface area contributed by atoms with Crippen molar-refractivity contribution >= 4 is 23.4 Å². The SMILES string of the molecule is O=C(O)/C=C/c1ccc(N2CCN(CCO)CC2)c([N+](=O)[O-])c1. The van der Waals surface area contributed by atoms with Crippen LogP contribution in [-0.4, -0.2) is 65.3 Å². The van der Waals surface area contributed by atoms with Crippen LogP contribution < -0.4 is 4.90 Å². The van der Waals surface area contributed by atoms with Gasteiger partial charge in [-0.3, -0.25) is 15.0 Å². The van der Waals surface area contributed by atoms with Crippen LogP contribution in [0.4, 0.5) is 11.4 Å². The number of carbonyl (C=O) groups is 1. The molecule has 8 nitrogen and oxygen atoms in total. The van der Waals surface area contributed by atoms with Gasteiger partial charge in [0, 0.05) is 44.9 Å². The lowest BCUT2D eigenvalue weighted by atomic mass is 10.1. The number of nitro groups is 1. The molecular formula is C15H19N3O5. The predicted octanol–water partition coefficient (Wildman–Crippen LogP) is 0.807. The summed E-state index contributed by atoms with van der Waals surface area (Å²) >= 11 is 0. The lowest BCUT2D eigenvalue weighted by molar-refractivity contribution is -0.384. The van der Waals surface area contributed by atoms with Crippen molar-refractivity contribution in [3.63, 3.8) is 0 Å². The molecule has 1 heterocycles. The molecule has 0 aromatic heterocycles. The van der Waals surface area contributed by atoms with Crippen LogP contribution >= 0.6 is 0 Å². The van der Waals surface area contributed by atoms with Crippen molar-refractivity contribution in [3.05, 3.63) is 40.0 Å². The van der Waals surface area contributed by atoms with E-state index in [2.05, 4.69) is 4.90 Å². The number of piperazine rings is 1. The molecule has 8 heteroatoms. The van der Waals surface area contributed by atoms with Gasteiger partial charge in [0.2, 0.25) is 0 Å². The van der Waals surface area contributed by atoms with Crippen molar-refractivity contribution in [2.45, 2.75) is 0 Å². The molecule has 0 bridgehead atoms. The molecule has 124 valence electrons. The molecule has 0 aliphatic carbocycles. The van der Waals surface area contributed by atoms with Gasteiger partial charge in [-0.15, -0.1) is 0 Å². The average molecular weight is 321 g/mol. The highest BCUT2D eigenvalue weighted by Crippen LogP contribution is 2.30. The molecule has 1 saturated heterocycles. The van der Waals surface area contributed by atoms with Crippen molar-refractivity contribution in [1.82, 2.24) is 4.90 Å². The van der Waals surface area contributed by atoms with Crippen molar-refractivity contribution < 1.29 is 19.9 Å². The van der Waals surface area contributed by atoms with E-state index in [4.69, 9.17) is 10.2 Å². The van der Waals surface area contributed by atoms with Crippen molar-refractivity contribution in [2.75, 3.05) is 44.2 Å². The van der Waals surface area contributed by atoms with E-state index in [0.717, 1.165) is 19.2 Å². The predicted molar refractivity (Wildman–Crippen MR) is 85.5 cm³/mol. The van der Waals surface area contributed by atoms with Crippen LogP contribution in [0, 0.1) is 10.1 Å². The summed E-state index contributed by atoms with van der Waals surface area (Å²) in [6.07, 6.45) is 2.28. The number of carboxylic acid groups (broad SMARTS) is 1. The fourth-order valence-electron chi connectivity index (χ4n) is 2.58. The smallest absolute Gasteiger partial charge is 0.328 e. The Labute approximate surface area is 133 Å². The maximum absolute atomic E-state index is 11.3. The molecule has 1 aromatic rings. The van der Waals surface area contributed by atoms with E-state index in [0.29, 0.717) is 30.9 Å². The lowest BCUT2D eigenvalue weighted by Crippen LogP contribution is -2.47. The molecule has 1 aliphatic rings. The first-order chi connectivity index (χ1) is 11.0. The third kappa shape index (κ3) is 4.51. The van der Waals surface area contributed by atoms with Gasteiger partial charge in [-0.25, -0.2) is 4.79 Å². The van der Waals surface area contributed by atoms with E-state index in [1.807, 2.05) is 4.90 Å². The number of hydrogen-bond acceptors (Lipinski definition) is 6. The molecule has 0 saturated carbocycles. The van der Waals surface area contributed by atoms with Crippen molar-refractivity contribution in [3.8, 4) is 0 Å². The molecule has 2 N–H and O–H groups in total. The Bertz CT molecular complexity index is 609. The highest BCUT2D eigenvalue weighted by molar-refractivity contribution is 5.85. The Hall–Kier alpha value is -2.45. The Kier molecular flexibility index (Phi) is 5.67. The van der Waals surface area contributed by atoms with Gasteiger partial charge in [0.15, 0.2) is 0 Å². The Morgan fingerprint density at radius 1 is 1.30 bits per heavy atom. The largest absolute Gasteiger partial charge is 0.478 e. The second kappa shape index (κ2) is 7.70. The molecule has 0 radical (unpaired) electrons. The highest BCUT2D eigenvalue weighted by Gasteiger charge is 2.23. The van der Waals surface area contributed by atoms with Crippen LogP contribution in [0.2, 0.25) is 0 Å². The number of aliphatic hydroxyl groups is 1. The summed E-state index contributed by atoms with van der Waals surface area (Å²) in [4.78, 5) is 25.4. The van der Waals surface area contributed by atoms with Gasteiger partial charge in [0.1, 0.15) is 5.69 Å². The second-order valence-corrected chi connectivity index (χ2v) is 5.23. The zero-order chi connectivity index (χ0) is 16.8. The minimum Gasteiger partial charge on any atom is -0.478 e. The highest BCUT2D eigenvalue weighted by atomic mass is 16.6. The van der Waals surface area contributed by atoms with Crippen LogP contribution in [0.3, 0.4) is 0 Å². The van der Waals surface area contributed by atoms with Gasteiger partial charge in [-0.1, -0.05) is 6.07 Å². The fourth-order valence-corrected chi connectivity index (χ4v) is 2.58. The molecule has 1 fully saturated rings. The van der Waals surface area contributed by atoms with Gasteiger partial charge in [-0.2, -0.15) is 0 Å². The molecule has 2 rings (SSSR count). The monoisotopic (exact) mass is 321 g/mol. The summed E-state index contributed by atoms with van der Waals surface area (Å²) in [6.45, 7) is 3.46. The van der Waals surface area contributed by atoms with Gasteiger partial charge in [-0.05, 0) is 17.7 Å². The Balaban J connectivity index is 2.18. The number of β-amino-alcohol motifs (C(OH)–C–C–N with tert-alkyl or cyclic N) is 1. The molecule has 0 amide bonds.